The van der Waals surface area contributed by atoms with Gasteiger partial charge in [0.2, 0.25) is 0 Å². The van der Waals surface area contributed by atoms with E-state index in [1.807, 2.05) is 0 Å². The van der Waals surface area contributed by atoms with E-state index < -0.39 is 10.2 Å². The SMILES string of the molecule is NCCC[O-].NCCC[O-].NCCC[O-].NCCC[O-].O=[N+]([O-])[O-].O=[N+]([O-])[O-].[Cu+2].[Cu+2].[Cu+2]. The molecule has 8 N–H and O–H groups in total. The molecule has 0 aromatic rings. The molecule has 0 aliphatic rings. The molecule has 0 bridgehead atoms. The van der Waals surface area contributed by atoms with Gasteiger partial charge in [0, 0.05) is 0 Å². The van der Waals surface area contributed by atoms with E-state index in [4.69, 9.17) is 53.6 Å². The smallest absolute Gasteiger partial charge is 0.854 e. The van der Waals surface area contributed by atoms with Crippen molar-refractivity contribution in [1.29, 1.82) is 0 Å². The van der Waals surface area contributed by atoms with Crippen LogP contribution in [0.2, 0.25) is 0 Å². The fraction of sp³-hybridized carbons (Fsp3) is 1.00. The third-order valence-electron chi connectivity index (χ3n) is 1.39. The summed E-state index contributed by atoms with van der Waals surface area (Å²) in [6.45, 7) is 2.00. The minimum Gasteiger partial charge on any atom is -0.854 e. The molecule has 0 aliphatic carbocycles. The molecule has 0 heterocycles. The Morgan fingerprint density at radius 1 is 0.452 bits per heavy atom. The third-order valence-corrected chi connectivity index (χ3v) is 1.39. The molecule has 16 nitrogen and oxygen atoms in total. The Bertz CT molecular complexity index is 217. The molecule has 0 saturated heterocycles. The number of hydrogen-bond acceptors (Lipinski definition) is 14. The van der Waals surface area contributed by atoms with E-state index in [9.17, 15) is 20.4 Å². The predicted molar refractivity (Wildman–Crippen MR) is 94.9 cm³/mol. The molecule has 0 rings (SSSR count). The Hall–Kier alpha value is -0.362. The molecule has 0 atom stereocenters. The van der Waals surface area contributed by atoms with Gasteiger partial charge in [0.05, 0.1) is 10.2 Å². The molecule has 0 aliphatic heterocycles. The van der Waals surface area contributed by atoms with Crippen molar-refractivity contribution in [2.24, 2.45) is 22.9 Å². The molecule has 203 valence electrons. The van der Waals surface area contributed by atoms with Crippen molar-refractivity contribution in [2.45, 2.75) is 25.7 Å². The molecule has 0 fully saturated rings. The molecule has 0 spiro atoms. The van der Waals surface area contributed by atoms with Crippen LogP contribution < -0.4 is 43.4 Å². The summed E-state index contributed by atoms with van der Waals surface area (Å²) in [6, 6.07) is 0. The first-order valence-corrected chi connectivity index (χ1v) is 7.88. The molecule has 0 aromatic heterocycles. The number of nitrogens with zero attached hydrogens (tertiary/aromatic N) is 2. The van der Waals surface area contributed by atoms with Gasteiger partial charge >= 0.3 is 51.2 Å². The second kappa shape index (κ2) is 78.1. The van der Waals surface area contributed by atoms with Gasteiger partial charge in [-0.2, -0.15) is 0 Å². The van der Waals surface area contributed by atoms with E-state index in [1.165, 1.54) is 0 Å². The van der Waals surface area contributed by atoms with Gasteiger partial charge in [-0.05, 0) is 26.2 Å². The monoisotopic (exact) mass is 609 g/mol. The van der Waals surface area contributed by atoms with Gasteiger partial charge in [-0.15, -0.1) is 26.4 Å². The van der Waals surface area contributed by atoms with Crippen LogP contribution in [0.1, 0.15) is 25.7 Å². The summed E-state index contributed by atoms with van der Waals surface area (Å²) in [7, 11) is 0. The van der Waals surface area contributed by atoms with Gasteiger partial charge in [-0.3, -0.25) is 0 Å². The summed E-state index contributed by atoms with van der Waals surface area (Å²) < 4.78 is 0. The molecule has 0 unspecified atom stereocenters. The van der Waals surface area contributed by atoms with Crippen molar-refractivity contribution in [1.82, 2.24) is 0 Å². The first kappa shape index (κ1) is 57.5. The standard InChI is InChI=1S/4C3H8NO.3Cu.2NO3/c4*4-2-1-3-5;;;;2*2-1(3)4/h4*1-4H2;;;;;/q4*-1;3*+2;2*-1. The molecule has 0 saturated carbocycles. The van der Waals surface area contributed by atoms with Crippen molar-refractivity contribution in [3.63, 3.8) is 0 Å². The van der Waals surface area contributed by atoms with Crippen LogP contribution in [0.5, 0.6) is 0 Å². The van der Waals surface area contributed by atoms with Gasteiger partial charge in [-0.25, -0.2) is 0 Å². The van der Waals surface area contributed by atoms with Crippen LogP contribution in [-0.4, -0.2) is 62.8 Å². The minimum atomic E-state index is -1.75. The van der Waals surface area contributed by atoms with Crippen molar-refractivity contribution in [3.05, 3.63) is 30.6 Å². The van der Waals surface area contributed by atoms with Gasteiger partial charge in [0.25, 0.3) is 0 Å². The quantitative estimate of drug-likeness (QED) is 0.113. The Kier molecular flexibility index (Phi) is 145. The van der Waals surface area contributed by atoms with Gasteiger partial charge in [-0.1, -0.05) is 25.7 Å². The van der Waals surface area contributed by atoms with Crippen molar-refractivity contribution >= 4 is 0 Å². The number of nitrogens with two attached hydrogens (primary N) is 4. The first-order chi connectivity index (χ1) is 13.1. The zero-order valence-electron chi connectivity index (χ0n) is 16.7. The Morgan fingerprint density at radius 2 is 0.548 bits per heavy atom. The fourth-order valence-electron chi connectivity index (χ4n) is 0.333. The molecular formula is C12H32Cu3N6O10. The zero-order valence-corrected chi connectivity index (χ0v) is 19.5. The van der Waals surface area contributed by atoms with Crippen molar-refractivity contribution in [3.8, 4) is 0 Å². The average molecular weight is 611 g/mol. The van der Waals surface area contributed by atoms with Gasteiger partial charge in [0.1, 0.15) is 0 Å². The van der Waals surface area contributed by atoms with Gasteiger partial charge < -0.3 is 74.0 Å². The van der Waals surface area contributed by atoms with Crippen molar-refractivity contribution < 1.29 is 81.8 Å². The van der Waals surface area contributed by atoms with E-state index in [-0.39, 0.29) is 77.6 Å². The molecule has 0 amide bonds. The number of rotatable bonds is 8. The van der Waals surface area contributed by atoms with Crippen LogP contribution in [0.15, 0.2) is 0 Å². The van der Waals surface area contributed by atoms with E-state index in [0.29, 0.717) is 51.9 Å². The molecule has 19 heteroatoms. The summed E-state index contributed by atoms with van der Waals surface area (Å²) in [4.78, 5) is 16.5. The van der Waals surface area contributed by atoms with Crippen LogP contribution in [-0.2, 0) is 51.2 Å². The Labute approximate surface area is 213 Å². The topological polar surface area (TPSA) is 329 Å². The zero-order chi connectivity index (χ0) is 23.6. The minimum absolute atomic E-state index is 0. The van der Waals surface area contributed by atoms with E-state index >= 15 is 0 Å². The molecule has 31 heavy (non-hydrogen) atoms. The summed E-state index contributed by atoms with van der Waals surface area (Å²) >= 11 is 0. The third kappa shape index (κ3) is 388. The van der Waals surface area contributed by atoms with Crippen LogP contribution in [0.3, 0.4) is 0 Å². The Morgan fingerprint density at radius 3 is 0.548 bits per heavy atom. The normalized spacial score (nSPS) is 6.97. The summed E-state index contributed by atoms with van der Waals surface area (Å²) in [5.41, 5.74) is 19.8. The molecule has 3 radical (unpaired) electrons. The molecule has 0 aromatic carbocycles. The molecular weight excluding hydrogens is 579 g/mol. The second-order valence-corrected chi connectivity index (χ2v) is 3.83. The second-order valence-electron chi connectivity index (χ2n) is 3.83. The summed E-state index contributed by atoms with van der Waals surface area (Å²) in [5.74, 6) is 0. The Balaban J connectivity index is -0.0000000263. The van der Waals surface area contributed by atoms with Crippen LogP contribution in [0, 0.1) is 30.6 Å². The van der Waals surface area contributed by atoms with Crippen LogP contribution in [0.25, 0.3) is 0 Å². The maximum Gasteiger partial charge on any atom is 2.00 e. The van der Waals surface area contributed by atoms with Gasteiger partial charge in [0.15, 0.2) is 0 Å². The van der Waals surface area contributed by atoms with Crippen LogP contribution in [0.4, 0.5) is 0 Å². The van der Waals surface area contributed by atoms with E-state index in [1.54, 1.807) is 0 Å². The average Bonchev–Trinajstić information content (AvgIpc) is 2.58. The fourth-order valence-corrected chi connectivity index (χ4v) is 0.333. The summed E-state index contributed by atoms with van der Waals surface area (Å²) in [5, 5.41) is 67.3. The maximum absolute atomic E-state index is 9.45. The van der Waals surface area contributed by atoms with E-state index in [0.717, 1.165) is 0 Å². The summed E-state index contributed by atoms with van der Waals surface area (Å²) in [6.07, 6.45) is 2.44. The largest absolute Gasteiger partial charge is 2.00 e. The number of hydrogen-bond donors (Lipinski definition) is 4. The maximum atomic E-state index is 9.45. The first-order valence-electron chi connectivity index (χ1n) is 7.88. The van der Waals surface area contributed by atoms with Crippen LogP contribution >= 0.6 is 0 Å². The van der Waals surface area contributed by atoms with Crippen molar-refractivity contribution in [2.75, 3.05) is 52.6 Å². The van der Waals surface area contributed by atoms with E-state index in [2.05, 4.69) is 0 Å². The predicted octanol–water partition coefficient (Wildman–Crippen LogP) is -5.70.